The van der Waals surface area contributed by atoms with Crippen molar-refractivity contribution in [1.82, 2.24) is 58.5 Å². The molecule has 0 aromatic carbocycles. The number of rotatable bonds is 23. The predicted octanol–water partition coefficient (Wildman–Crippen LogP) is -3.20. The van der Waals surface area contributed by atoms with E-state index in [4.69, 9.17) is 54.2 Å². The van der Waals surface area contributed by atoms with Gasteiger partial charge in [0.2, 0.25) is 23.6 Å². The smallest absolute Gasteiger partial charge is 0.387 e. The molecule has 6 aromatic heterocycles. The highest BCUT2D eigenvalue weighted by Crippen LogP contribution is 2.68. The highest BCUT2D eigenvalue weighted by atomic mass is 31.3. The number of hydrogen-bond donors (Lipinski definition) is 12. The van der Waals surface area contributed by atoms with Gasteiger partial charge in [0.1, 0.15) is 54.6 Å². The van der Waals surface area contributed by atoms with Crippen molar-refractivity contribution < 1.29 is 108 Å². The van der Waals surface area contributed by atoms with E-state index in [1.165, 1.54) is 32.0 Å². The van der Waals surface area contributed by atoms with Crippen LogP contribution in [0.1, 0.15) is 39.0 Å². The summed E-state index contributed by atoms with van der Waals surface area (Å²) < 4.78 is 111. The zero-order valence-corrected chi connectivity index (χ0v) is 46.6. The molecule has 1 amide bonds. The zero-order valence-electron chi connectivity index (χ0n) is 43.0. The van der Waals surface area contributed by atoms with Crippen LogP contribution in [-0.4, -0.2) is 188 Å². The second kappa shape index (κ2) is 23.4. The summed E-state index contributed by atoms with van der Waals surface area (Å²) in [5.41, 5.74) is 15.6. The van der Waals surface area contributed by atoms with Crippen LogP contribution in [0.15, 0.2) is 34.9 Å². The fraction of sp³-hybridized carbons (Fsp3) is 0.579. The summed E-state index contributed by atoms with van der Waals surface area (Å²) in [5, 5.41) is 33.4. The van der Waals surface area contributed by atoms with Crippen molar-refractivity contribution in [2.24, 2.45) is 13.0 Å². The number of nitrogens with one attached hydrogen (secondary N) is 2. The maximum atomic E-state index is 13.8. The van der Waals surface area contributed by atoms with Crippen LogP contribution in [0.3, 0.4) is 0 Å². The van der Waals surface area contributed by atoms with E-state index < -0.39 is 148 Å². The Bertz CT molecular complexity index is 3690. The summed E-state index contributed by atoms with van der Waals surface area (Å²) in [5.74, 6) is -2.43. The van der Waals surface area contributed by atoms with Crippen LogP contribution in [0.25, 0.3) is 33.5 Å². The summed E-state index contributed by atoms with van der Waals surface area (Å²) in [6.45, 7) is 0.593. The monoisotopic (exact) mass is 1240 g/mol. The molecular formula is C38H55N16O24P4+. The Morgan fingerprint density at radius 2 is 1.30 bits per heavy atom. The normalized spacial score (nSPS) is 28.8. The highest BCUT2D eigenvalue weighted by molar-refractivity contribution is 7.66. The molecule has 6 aromatic rings. The minimum atomic E-state index is -6.25. The summed E-state index contributed by atoms with van der Waals surface area (Å²) in [4.78, 5) is 112. The lowest BCUT2D eigenvalue weighted by Crippen LogP contribution is -2.45. The number of aryl methyl sites for hydroxylation is 1. The summed E-state index contributed by atoms with van der Waals surface area (Å²) >= 11 is 0. The van der Waals surface area contributed by atoms with Gasteiger partial charge in [0.05, 0.1) is 45.6 Å². The number of aromatic nitrogens is 12. The van der Waals surface area contributed by atoms with Crippen LogP contribution in [0.5, 0.6) is 0 Å². The SMILES string of the molecule is CCN(CC)C(=O)C[C@@H]1[C@@H](COP(=O)(O)OP(=O)(O)OP(=O)(O)OC[C@H]2O[C@@H](n3cnc4c(N)ncnc43)[C@H](OC)[C@@H]2OP(=O)(O)OC[C@H]2O[C@@H](n3cnc4c(=O)[nH]c(N)nc43)[C@H](O)[C@@H]2O)OC([n+]2cn(C)c3c(=O)[nH]c(N)nc32)[C@@H]1O. The number of phosphoric ester groups is 3. The molecule has 450 valence electrons. The first-order valence-electron chi connectivity index (χ1n) is 24.1. The first kappa shape index (κ1) is 60.9. The molecule has 82 heavy (non-hydrogen) atoms. The lowest BCUT2D eigenvalue weighted by Gasteiger charge is -2.26. The minimum Gasteiger partial charge on any atom is -0.387 e. The molecule has 40 nitrogen and oxygen atoms in total. The third kappa shape index (κ3) is 12.4. The van der Waals surface area contributed by atoms with Gasteiger partial charge in [-0.15, -0.1) is 0 Å². The fourth-order valence-electron chi connectivity index (χ4n) is 9.54. The maximum Gasteiger partial charge on any atom is 0.490 e. The van der Waals surface area contributed by atoms with E-state index in [0.29, 0.717) is 0 Å². The Labute approximate surface area is 458 Å². The summed E-state index contributed by atoms with van der Waals surface area (Å²) in [6.07, 6.45) is -13.9. The number of phosphoric acid groups is 4. The molecule has 3 fully saturated rings. The molecule has 15 N–H and O–H groups in total. The van der Waals surface area contributed by atoms with Gasteiger partial charge in [0.15, 0.2) is 41.4 Å². The minimum absolute atomic E-state index is 0.00444. The number of hydrogen-bond acceptors (Lipinski definition) is 29. The van der Waals surface area contributed by atoms with E-state index in [-0.39, 0.29) is 64.3 Å². The molecule has 0 saturated carbocycles. The second-order valence-corrected chi connectivity index (χ2v) is 24.5. The van der Waals surface area contributed by atoms with Crippen molar-refractivity contribution in [2.45, 2.75) is 87.8 Å². The van der Waals surface area contributed by atoms with Gasteiger partial charge >= 0.3 is 36.9 Å². The Kier molecular flexibility index (Phi) is 17.4. The van der Waals surface area contributed by atoms with Crippen LogP contribution < -0.4 is 32.9 Å². The van der Waals surface area contributed by atoms with Gasteiger partial charge in [-0.3, -0.25) is 56.1 Å². The van der Waals surface area contributed by atoms with Gasteiger partial charge in [0, 0.05) is 32.5 Å². The van der Waals surface area contributed by atoms with Gasteiger partial charge in [-0.05, 0) is 13.8 Å². The van der Waals surface area contributed by atoms with Crippen molar-refractivity contribution >= 4 is 88.4 Å². The number of methoxy groups -OCH3 is 1. The van der Waals surface area contributed by atoms with Gasteiger partial charge < -0.3 is 75.9 Å². The Hall–Kier alpha value is -5.64. The number of fused-ring (bicyclic) bond motifs is 3. The zero-order chi connectivity index (χ0) is 59.5. The van der Waals surface area contributed by atoms with Gasteiger partial charge in [0.25, 0.3) is 17.1 Å². The number of amides is 1. The van der Waals surface area contributed by atoms with Crippen molar-refractivity contribution in [3.63, 3.8) is 0 Å². The number of nitrogens with two attached hydrogens (primary N) is 3. The topological polar surface area (TPSA) is 562 Å². The average molecular weight is 1240 g/mol. The van der Waals surface area contributed by atoms with Crippen LogP contribution in [0.2, 0.25) is 0 Å². The molecule has 9 heterocycles. The number of aliphatic hydroxyl groups excluding tert-OH is 3. The van der Waals surface area contributed by atoms with Crippen LogP contribution >= 0.6 is 31.3 Å². The number of aromatic amines is 2. The van der Waals surface area contributed by atoms with E-state index in [0.717, 1.165) is 30.7 Å². The van der Waals surface area contributed by atoms with Crippen molar-refractivity contribution in [3.8, 4) is 0 Å². The van der Waals surface area contributed by atoms with Crippen molar-refractivity contribution in [3.05, 3.63) is 46.0 Å². The first-order valence-corrected chi connectivity index (χ1v) is 30.1. The third-order valence-electron chi connectivity index (χ3n) is 13.3. The van der Waals surface area contributed by atoms with E-state index in [9.17, 15) is 67.5 Å². The lowest BCUT2D eigenvalue weighted by molar-refractivity contribution is -0.745. The first-order chi connectivity index (χ1) is 38.5. The quantitative estimate of drug-likeness (QED) is 0.0222. The molecule has 5 unspecified atom stereocenters. The predicted molar refractivity (Wildman–Crippen MR) is 269 cm³/mol. The molecule has 3 saturated heterocycles. The number of ether oxygens (including phenoxy) is 4. The molecule has 0 spiro atoms. The lowest BCUT2D eigenvalue weighted by atomic mass is 9.93. The highest BCUT2D eigenvalue weighted by Gasteiger charge is 2.54. The van der Waals surface area contributed by atoms with Crippen LogP contribution in [-0.2, 0) is 75.8 Å². The summed E-state index contributed by atoms with van der Waals surface area (Å²) in [6, 6.07) is 0. The Morgan fingerprint density at radius 3 is 1.96 bits per heavy atom. The molecule has 44 heteroatoms. The molecule has 3 aliphatic rings. The maximum absolute atomic E-state index is 13.8. The van der Waals surface area contributed by atoms with E-state index >= 15 is 0 Å². The van der Waals surface area contributed by atoms with Gasteiger partial charge in [-0.2, -0.15) is 13.6 Å². The Morgan fingerprint density at radius 1 is 0.720 bits per heavy atom. The second-order valence-electron chi connectivity index (χ2n) is 18.4. The number of nitrogens with zero attached hydrogens (tertiary/aromatic N) is 11. The third-order valence-corrected chi connectivity index (χ3v) is 18.5. The standard InChI is InChI=1S/C38H54N16O24P4/c1-5-51(6-2)19(55)7-15-16(73-34(23(15)56)54-14-50(3)22-31(54)47-38(41)49-33(22)60)8-71-80(63,64)77-82(67,68)78-81(65,66)72-10-18-26(27(69-4)36(75-18)52-12-44-20-28(39)42-11-43-29(20)52)76-79(61,62)70-9-17-24(57)25(58)35(74-17)53-13-45-21-30(53)46-37(40)48-32(21)59/h11-18,23-27,34-36,56-58H,5-10H2,1-4H3,(H11-,39,40,41,42,43,46,47,48,49,59,60,61,62,63,64,65,66,67,68)/p+1/t15-,16-,17-,18-,23-,24-,25-,26-,27-,34?,35-,36-/m1/s1. The van der Waals surface area contributed by atoms with Crippen LogP contribution in [0.4, 0.5) is 17.7 Å². The van der Waals surface area contributed by atoms with Crippen molar-refractivity contribution in [2.75, 3.05) is 57.2 Å². The van der Waals surface area contributed by atoms with Gasteiger partial charge in [-0.1, -0.05) is 4.98 Å². The number of imidazole rings is 3. The number of anilines is 3. The number of aliphatic hydroxyl groups is 3. The molecule has 9 rings (SSSR count). The fourth-order valence-corrected chi connectivity index (χ4v) is 14.0. The van der Waals surface area contributed by atoms with E-state index in [1.54, 1.807) is 13.8 Å². The molecule has 0 aliphatic carbocycles. The molecule has 16 atom stereocenters. The number of carbonyl (C=O) groups excluding carboxylic acids is 1. The molecule has 0 radical (unpaired) electrons. The molecule has 0 bridgehead atoms. The van der Waals surface area contributed by atoms with E-state index in [2.05, 4.69) is 48.5 Å². The van der Waals surface area contributed by atoms with Gasteiger partial charge in [-0.25, -0.2) is 42.8 Å². The van der Waals surface area contributed by atoms with Crippen molar-refractivity contribution in [1.29, 1.82) is 0 Å². The van der Waals surface area contributed by atoms with E-state index in [1.807, 2.05) is 0 Å². The summed E-state index contributed by atoms with van der Waals surface area (Å²) in [7, 11) is -21.0. The number of nitrogen functional groups attached to an aromatic ring is 3. The largest absolute Gasteiger partial charge is 0.490 e. The number of carbonyl (C=O) groups is 1. The molecule has 3 aliphatic heterocycles. The Balaban J connectivity index is 0.883. The molecular weight excluding hydrogens is 1190 g/mol. The number of H-pyrrole nitrogens is 2. The van der Waals surface area contributed by atoms with Crippen LogP contribution in [0, 0.1) is 5.92 Å². The average Bonchev–Trinajstić information content (AvgIpc) is 3.32.